The first kappa shape index (κ1) is 24.5. The van der Waals surface area contributed by atoms with Crippen LogP contribution in [0.25, 0.3) is 0 Å². The van der Waals surface area contributed by atoms with Crippen LogP contribution in [-0.4, -0.2) is 98.4 Å². The molecule has 2 fully saturated rings. The monoisotopic (exact) mass is 486 g/mol. The highest BCUT2D eigenvalue weighted by atomic mass is 35.5. The minimum Gasteiger partial charge on any atom is -0.379 e. The maximum atomic E-state index is 13.3. The summed E-state index contributed by atoms with van der Waals surface area (Å²) in [4.78, 5) is 32.0. The average molecular weight is 487 g/mol. The van der Waals surface area contributed by atoms with Gasteiger partial charge in [-0.1, -0.05) is 35.9 Å². The van der Waals surface area contributed by atoms with Gasteiger partial charge in [0.2, 0.25) is 0 Å². The summed E-state index contributed by atoms with van der Waals surface area (Å²) in [5.74, 6) is -0.0297. The number of nitrogens with one attached hydrogen (secondary N) is 1. The molecule has 2 aromatic rings. The fraction of sp³-hybridized carbons (Fsp3) is 0.440. The molecule has 1 N–H and O–H groups in total. The first-order valence-corrected chi connectivity index (χ1v) is 12.0. The largest absolute Gasteiger partial charge is 0.379 e. The summed E-state index contributed by atoms with van der Waals surface area (Å²) in [5, 5.41) is 3.45. The summed E-state index contributed by atoms with van der Waals surface area (Å²) in [5.41, 5.74) is 1.29. The van der Waals surface area contributed by atoms with Gasteiger partial charge in [-0.3, -0.25) is 9.69 Å². The molecule has 2 aliphatic rings. The third kappa shape index (κ3) is 6.93. The second-order valence-electron chi connectivity index (χ2n) is 8.45. The number of morpholine rings is 2. The Labute approximate surface area is 205 Å². The van der Waals surface area contributed by atoms with Gasteiger partial charge in [-0.2, -0.15) is 0 Å². The number of carbonyl (C=O) groups is 2. The molecule has 0 spiro atoms. The summed E-state index contributed by atoms with van der Waals surface area (Å²) in [6, 6.07) is 16.2. The number of anilines is 1. The van der Waals surface area contributed by atoms with Crippen LogP contribution in [0.4, 0.5) is 10.5 Å². The molecule has 3 amide bonds. The molecule has 2 heterocycles. The smallest absolute Gasteiger partial charge is 0.322 e. The lowest BCUT2D eigenvalue weighted by Gasteiger charge is -2.36. The minimum absolute atomic E-state index is 0.0297. The Morgan fingerprint density at radius 2 is 1.82 bits per heavy atom. The van der Waals surface area contributed by atoms with Crippen molar-refractivity contribution < 1.29 is 19.1 Å². The summed E-state index contributed by atoms with van der Waals surface area (Å²) in [7, 11) is 0. The van der Waals surface area contributed by atoms with Crippen molar-refractivity contribution in [2.45, 2.75) is 6.10 Å². The van der Waals surface area contributed by atoms with E-state index in [0.717, 1.165) is 32.8 Å². The number of hydrogen-bond donors (Lipinski definition) is 1. The number of nitrogens with zero attached hydrogens (tertiary/aromatic N) is 3. The molecule has 1 atom stereocenters. The predicted octanol–water partition coefficient (Wildman–Crippen LogP) is 3.05. The molecular weight excluding hydrogens is 456 g/mol. The van der Waals surface area contributed by atoms with E-state index in [1.165, 1.54) is 0 Å². The van der Waals surface area contributed by atoms with Gasteiger partial charge in [-0.25, -0.2) is 4.79 Å². The summed E-state index contributed by atoms with van der Waals surface area (Å²) in [6.07, 6.45) is -0.267. The Bertz CT molecular complexity index is 955. The van der Waals surface area contributed by atoms with Gasteiger partial charge in [0.1, 0.15) is 0 Å². The van der Waals surface area contributed by atoms with Crippen molar-refractivity contribution >= 4 is 29.2 Å². The highest BCUT2D eigenvalue weighted by Crippen LogP contribution is 2.17. The van der Waals surface area contributed by atoms with Gasteiger partial charge in [-0.15, -0.1) is 0 Å². The van der Waals surface area contributed by atoms with Gasteiger partial charge >= 0.3 is 6.03 Å². The van der Waals surface area contributed by atoms with Crippen LogP contribution < -0.4 is 5.32 Å². The standard InChI is InChI=1S/C25H31ClN4O4/c26-21-7-4-8-22(17-21)27-25(32)30-13-16-34-23(19-30)18-29(10-9-28-11-14-33-15-12-28)24(31)20-5-2-1-3-6-20/h1-8,17,23H,9-16,18-19H2,(H,27,32). The fourth-order valence-corrected chi connectivity index (χ4v) is 4.35. The van der Waals surface area contributed by atoms with Crippen molar-refractivity contribution in [1.29, 1.82) is 0 Å². The van der Waals surface area contributed by atoms with Gasteiger partial charge < -0.3 is 24.6 Å². The van der Waals surface area contributed by atoms with E-state index in [1.807, 2.05) is 35.2 Å². The van der Waals surface area contributed by atoms with Crippen LogP contribution in [0.1, 0.15) is 10.4 Å². The zero-order chi connectivity index (χ0) is 23.8. The van der Waals surface area contributed by atoms with Crippen molar-refractivity contribution in [3.05, 3.63) is 65.2 Å². The highest BCUT2D eigenvalue weighted by molar-refractivity contribution is 6.30. The van der Waals surface area contributed by atoms with E-state index in [-0.39, 0.29) is 18.0 Å². The molecular formula is C25H31ClN4O4. The van der Waals surface area contributed by atoms with Crippen LogP contribution >= 0.6 is 11.6 Å². The van der Waals surface area contributed by atoms with Gasteiger partial charge in [0.15, 0.2) is 0 Å². The first-order chi connectivity index (χ1) is 16.6. The Morgan fingerprint density at radius 3 is 2.59 bits per heavy atom. The van der Waals surface area contributed by atoms with Gasteiger partial charge in [-0.05, 0) is 30.3 Å². The quantitative estimate of drug-likeness (QED) is 0.651. The van der Waals surface area contributed by atoms with E-state index in [0.29, 0.717) is 49.1 Å². The summed E-state index contributed by atoms with van der Waals surface area (Å²) >= 11 is 6.03. The van der Waals surface area contributed by atoms with Gasteiger partial charge in [0, 0.05) is 55.5 Å². The van der Waals surface area contributed by atoms with Crippen LogP contribution in [-0.2, 0) is 9.47 Å². The van der Waals surface area contributed by atoms with Crippen LogP contribution in [0.5, 0.6) is 0 Å². The second kappa shape index (κ2) is 12.2. The van der Waals surface area contributed by atoms with Crippen LogP contribution in [0.3, 0.4) is 0 Å². The van der Waals surface area contributed by atoms with E-state index in [4.69, 9.17) is 21.1 Å². The zero-order valence-electron chi connectivity index (χ0n) is 19.2. The number of benzene rings is 2. The Morgan fingerprint density at radius 1 is 1.03 bits per heavy atom. The van der Waals surface area contributed by atoms with Crippen molar-refractivity contribution in [1.82, 2.24) is 14.7 Å². The van der Waals surface area contributed by atoms with E-state index < -0.39 is 0 Å². The normalized spacial score (nSPS) is 19.0. The Kier molecular flexibility index (Phi) is 8.76. The lowest BCUT2D eigenvalue weighted by atomic mass is 10.1. The number of urea groups is 1. The molecule has 9 heteroatoms. The van der Waals surface area contributed by atoms with E-state index in [9.17, 15) is 9.59 Å². The zero-order valence-corrected chi connectivity index (χ0v) is 20.0. The van der Waals surface area contributed by atoms with Crippen LogP contribution in [0.2, 0.25) is 5.02 Å². The lowest BCUT2D eigenvalue weighted by Crippen LogP contribution is -2.52. The highest BCUT2D eigenvalue weighted by Gasteiger charge is 2.28. The van der Waals surface area contributed by atoms with Gasteiger partial charge in [0.25, 0.3) is 5.91 Å². The molecule has 0 saturated carbocycles. The first-order valence-electron chi connectivity index (χ1n) is 11.7. The predicted molar refractivity (Wildman–Crippen MR) is 131 cm³/mol. The average Bonchev–Trinajstić information content (AvgIpc) is 2.87. The third-order valence-electron chi connectivity index (χ3n) is 6.02. The molecule has 0 aliphatic carbocycles. The maximum absolute atomic E-state index is 13.3. The van der Waals surface area contributed by atoms with E-state index in [2.05, 4.69) is 10.2 Å². The SMILES string of the molecule is O=C(Nc1cccc(Cl)c1)N1CCOC(CN(CCN2CCOCC2)C(=O)c2ccccc2)C1. The number of halogens is 1. The van der Waals surface area contributed by atoms with Crippen molar-refractivity contribution in [2.75, 3.05) is 71.0 Å². The summed E-state index contributed by atoms with van der Waals surface area (Å²) < 4.78 is 11.4. The van der Waals surface area contributed by atoms with E-state index in [1.54, 1.807) is 29.2 Å². The molecule has 34 heavy (non-hydrogen) atoms. The molecule has 2 aromatic carbocycles. The lowest BCUT2D eigenvalue weighted by molar-refractivity contribution is -0.0282. The molecule has 0 aromatic heterocycles. The van der Waals surface area contributed by atoms with Crippen molar-refractivity contribution in [3.8, 4) is 0 Å². The third-order valence-corrected chi connectivity index (χ3v) is 6.26. The molecule has 0 radical (unpaired) electrons. The van der Waals surface area contributed by atoms with Gasteiger partial charge in [0.05, 0.1) is 32.5 Å². The number of amides is 3. The van der Waals surface area contributed by atoms with Crippen molar-refractivity contribution in [2.24, 2.45) is 0 Å². The second-order valence-corrected chi connectivity index (χ2v) is 8.89. The maximum Gasteiger partial charge on any atom is 0.322 e. The molecule has 8 nitrogen and oxygen atoms in total. The van der Waals surface area contributed by atoms with Crippen molar-refractivity contribution in [3.63, 3.8) is 0 Å². The Balaban J connectivity index is 1.38. The summed E-state index contributed by atoms with van der Waals surface area (Å²) in [6.45, 7) is 6.25. The number of hydrogen-bond acceptors (Lipinski definition) is 5. The molecule has 0 bridgehead atoms. The molecule has 2 aliphatic heterocycles. The Hall–Kier alpha value is -2.65. The van der Waals surface area contributed by atoms with E-state index >= 15 is 0 Å². The fourth-order valence-electron chi connectivity index (χ4n) is 4.15. The van der Waals surface area contributed by atoms with Crippen LogP contribution in [0, 0.1) is 0 Å². The number of carbonyl (C=O) groups excluding carboxylic acids is 2. The molecule has 2 saturated heterocycles. The molecule has 1 unspecified atom stereocenters. The number of rotatable bonds is 7. The minimum atomic E-state index is -0.267. The number of ether oxygens (including phenoxy) is 2. The molecule has 182 valence electrons. The topological polar surface area (TPSA) is 74.4 Å². The molecule has 4 rings (SSSR count). The van der Waals surface area contributed by atoms with Crippen LogP contribution in [0.15, 0.2) is 54.6 Å².